The highest BCUT2D eigenvalue weighted by Gasteiger charge is 2.31. The molecular weight excluding hydrogens is 331 g/mol. The third-order valence-electron chi connectivity index (χ3n) is 4.05. The molecule has 1 aliphatic rings. The van der Waals surface area contributed by atoms with Crippen molar-refractivity contribution in [3.8, 4) is 0 Å². The van der Waals surface area contributed by atoms with E-state index in [1.807, 2.05) is 30.3 Å². The second kappa shape index (κ2) is 7.01. The fraction of sp³-hybridized carbons (Fsp3) is 0.222. The number of amides is 2. The molecule has 1 saturated heterocycles. The van der Waals surface area contributed by atoms with Gasteiger partial charge in [0.2, 0.25) is 5.91 Å². The molecule has 0 aliphatic carbocycles. The summed E-state index contributed by atoms with van der Waals surface area (Å²) in [4.78, 5) is 24.1. The predicted molar refractivity (Wildman–Crippen MR) is 89.2 cm³/mol. The van der Waals surface area contributed by atoms with Crippen molar-refractivity contribution in [3.05, 3.63) is 70.5 Å². The molecular formula is C18H16ClFN2O2. The summed E-state index contributed by atoms with van der Waals surface area (Å²) in [6.45, 7) is 0. The van der Waals surface area contributed by atoms with Crippen molar-refractivity contribution in [2.75, 3.05) is 0 Å². The summed E-state index contributed by atoms with van der Waals surface area (Å²) in [7, 11) is 0. The lowest BCUT2D eigenvalue weighted by molar-refractivity contribution is -0.123. The van der Waals surface area contributed by atoms with E-state index in [0.29, 0.717) is 12.8 Å². The number of hydrogen-bond donors (Lipinski definition) is 2. The number of nitrogens with one attached hydrogen (secondary N) is 2. The number of carbonyl (C=O) groups is 2. The van der Waals surface area contributed by atoms with Gasteiger partial charge in [-0.05, 0) is 30.2 Å². The Bertz CT molecular complexity index is 767. The third kappa shape index (κ3) is 3.57. The zero-order valence-electron chi connectivity index (χ0n) is 12.8. The SMILES string of the molecule is O=C1CCC(NC(=O)c2ccc(Cl)cc2F)C(c2ccccc2)N1. The molecule has 1 fully saturated rings. The van der Waals surface area contributed by atoms with Crippen molar-refractivity contribution < 1.29 is 14.0 Å². The molecule has 2 amide bonds. The van der Waals surface area contributed by atoms with Crippen molar-refractivity contribution in [1.29, 1.82) is 0 Å². The van der Waals surface area contributed by atoms with Crippen LogP contribution >= 0.6 is 11.6 Å². The highest BCUT2D eigenvalue weighted by atomic mass is 35.5. The van der Waals surface area contributed by atoms with Gasteiger partial charge in [-0.2, -0.15) is 0 Å². The van der Waals surface area contributed by atoms with Gasteiger partial charge in [0, 0.05) is 11.4 Å². The summed E-state index contributed by atoms with van der Waals surface area (Å²) in [6.07, 6.45) is 0.809. The lowest BCUT2D eigenvalue weighted by atomic mass is 9.91. The number of benzene rings is 2. The van der Waals surface area contributed by atoms with E-state index in [4.69, 9.17) is 11.6 Å². The predicted octanol–water partition coefficient (Wildman–Crippen LogP) is 3.23. The van der Waals surface area contributed by atoms with Crippen LogP contribution in [0.4, 0.5) is 4.39 Å². The van der Waals surface area contributed by atoms with E-state index in [1.165, 1.54) is 12.1 Å². The maximum atomic E-state index is 13.9. The normalized spacial score (nSPS) is 20.3. The van der Waals surface area contributed by atoms with Gasteiger partial charge < -0.3 is 10.6 Å². The van der Waals surface area contributed by atoms with Gasteiger partial charge in [-0.1, -0.05) is 41.9 Å². The van der Waals surface area contributed by atoms with Crippen LogP contribution in [0, 0.1) is 5.82 Å². The Balaban J connectivity index is 1.81. The molecule has 24 heavy (non-hydrogen) atoms. The fourth-order valence-electron chi connectivity index (χ4n) is 2.85. The highest BCUT2D eigenvalue weighted by molar-refractivity contribution is 6.30. The van der Waals surface area contributed by atoms with Crippen LogP contribution < -0.4 is 10.6 Å². The van der Waals surface area contributed by atoms with Gasteiger partial charge in [0.05, 0.1) is 17.6 Å². The van der Waals surface area contributed by atoms with Crippen molar-refractivity contribution in [2.45, 2.75) is 24.9 Å². The standard InChI is InChI=1S/C18H16ClFN2O2/c19-12-6-7-13(14(20)10-12)18(24)21-15-8-9-16(23)22-17(15)11-4-2-1-3-5-11/h1-7,10,15,17H,8-9H2,(H,21,24)(H,22,23). The second-order valence-corrected chi connectivity index (χ2v) is 6.14. The molecule has 1 aliphatic heterocycles. The first-order chi connectivity index (χ1) is 11.5. The van der Waals surface area contributed by atoms with Crippen LogP contribution in [0.3, 0.4) is 0 Å². The van der Waals surface area contributed by atoms with Gasteiger partial charge in [-0.3, -0.25) is 9.59 Å². The lowest BCUT2D eigenvalue weighted by Crippen LogP contribution is -2.50. The summed E-state index contributed by atoms with van der Waals surface area (Å²) in [5.74, 6) is -1.26. The summed E-state index contributed by atoms with van der Waals surface area (Å²) >= 11 is 5.71. The summed E-state index contributed by atoms with van der Waals surface area (Å²) in [5, 5.41) is 5.96. The number of carbonyl (C=O) groups excluding carboxylic acids is 2. The number of rotatable bonds is 3. The minimum Gasteiger partial charge on any atom is -0.347 e. The molecule has 1 heterocycles. The molecule has 0 saturated carbocycles. The molecule has 6 heteroatoms. The second-order valence-electron chi connectivity index (χ2n) is 5.70. The molecule has 0 radical (unpaired) electrons. The van der Waals surface area contributed by atoms with E-state index in [-0.39, 0.29) is 28.6 Å². The Morgan fingerprint density at radius 3 is 2.67 bits per heavy atom. The van der Waals surface area contributed by atoms with Crippen LogP contribution in [0.1, 0.15) is 34.8 Å². The van der Waals surface area contributed by atoms with E-state index >= 15 is 0 Å². The molecule has 2 unspecified atom stereocenters. The minimum atomic E-state index is -0.670. The van der Waals surface area contributed by atoms with E-state index < -0.39 is 11.7 Å². The van der Waals surface area contributed by atoms with Crippen molar-refractivity contribution >= 4 is 23.4 Å². The average Bonchev–Trinajstić information content (AvgIpc) is 2.57. The molecule has 2 N–H and O–H groups in total. The summed E-state index contributed by atoms with van der Waals surface area (Å²) < 4.78 is 13.9. The van der Waals surface area contributed by atoms with Gasteiger partial charge in [0.15, 0.2) is 0 Å². The number of hydrogen-bond acceptors (Lipinski definition) is 2. The zero-order valence-corrected chi connectivity index (χ0v) is 13.5. The first-order valence-corrected chi connectivity index (χ1v) is 8.02. The minimum absolute atomic E-state index is 0.0629. The average molecular weight is 347 g/mol. The molecule has 0 bridgehead atoms. The largest absolute Gasteiger partial charge is 0.347 e. The van der Waals surface area contributed by atoms with Crippen LogP contribution in [0.5, 0.6) is 0 Å². The molecule has 4 nitrogen and oxygen atoms in total. The van der Waals surface area contributed by atoms with E-state index in [9.17, 15) is 14.0 Å². The molecule has 3 rings (SSSR count). The molecule has 0 aromatic heterocycles. The summed E-state index contributed by atoms with van der Waals surface area (Å²) in [6, 6.07) is 12.7. The molecule has 2 aromatic rings. The van der Waals surface area contributed by atoms with Crippen LogP contribution in [0.2, 0.25) is 5.02 Å². The Labute approximate surface area is 144 Å². The van der Waals surface area contributed by atoms with Crippen LogP contribution in [0.25, 0.3) is 0 Å². The van der Waals surface area contributed by atoms with Gasteiger partial charge in [-0.15, -0.1) is 0 Å². The lowest BCUT2D eigenvalue weighted by Gasteiger charge is -2.33. The van der Waals surface area contributed by atoms with Crippen molar-refractivity contribution in [3.63, 3.8) is 0 Å². The maximum absolute atomic E-state index is 13.9. The van der Waals surface area contributed by atoms with E-state index in [1.54, 1.807) is 0 Å². The molecule has 0 spiro atoms. The van der Waals surface area contributed by atoms with E-state index in [2.05, 4.69) is 10.6 Å². The van der Waals surface area contributed by atoms with Crippen molar-refractivity contribution in [1.82, 2.24) is 10.6 Å². The first kappa shape index (κ1) is 16.5. The first-order valence-electron chi connectivity index (χ1n) is 7.65. The monoisotopic (exact) mass is 346 g/mol. The van der Waals surface area contributed by atoms with Gasteiger partial charge in [-0.25, -0.2) is 4.39 Å². The molecule has 2 atom stereocenters. The van der Waals surface area contributed by atoms with Gasteiger partial charge in [0.25, 0.3) is 5.91 Å². The summed E-state index contributed by atoms with van der Waals surface area (Å²) in [5.41, 5.74) is 0.829. The fourth-order valence-corrected chi connectivity index (χ4v) is 3.01. The Kier molecular flexibility index (Phi) is 4.81. The number of piperidine rings is 1. The van der Waals surface area contributed by atoms with Crippen LogP contribution in [-0.2, 0) is 4.79 Å². The van der Waals surface area contributed by atoms with Gasteiger partial charge >= 0.3 is 0 Å². The topological polar surface area (TPSA) is 58.2 Å². The van der Waals surface area contributed by atoms with Crippen molar-refractivity contribution in [2.24, 2.45) is 0 Å². The quantitative estimate of drug-likeness (QED) is 0.896. The Hall–Kier alpha value is -2.40. The number of halogens is 2. The Morgan fingerprint density at radius 1 is 1.21 bits per heavy atom. The van der Waals surface area contributed by atoms with Crippen LogP contribution in [0.15, 0.2) is 48.5 Å². The third-order valence-corrected chi connectivity index (χ3v) is 4.29. The Morgan fingerprint density at radius 2 is 1.96 bits per heavy atom. The highest BCUT2D eigenvalue weighted by Crippen LogP contribution is 2.25. The smallest absolute Gasteiger partial charge is 0.254 e. The van der Waals surface area contributed by atoms with E-state index in [0.717, 1.165) is 11.6 Å². The van der Waals surface area contributed by atoms with Gasteiger partial charge in [0.1, 0.15) is 5.82 Å². The zero-order chi connectivity index (χ0) is 17.1. The molecule has 2 aromatic carbocycles. The molecule has 124 valence electrons. The van der Waals surface area contributed by atoms with Crippen LogP contribution in [-0.4, -0.2) is 17.9 Å². The maximum Gasteiger partial charge on any atom is 0.254 e.